The van der Waals surface area contributed by atoms with Crippen LogP contribution < -0.4 is 9.64 Å². The Bertz CT molecular complexity index is 1750. The number of nitrogens with zero attached hydrogens (tertiary/aromatic N) is 4. The second kappa shape index (κ2) is 13.8. The van der Waals surface area contributed by atoms with Crippen LogP contribution in [0.25, 0.3) is 0 Å². The monoisotopic (exact) mass is 658 g/mol. The molecule has 0 spiro atoms. The maximum atomic E-state index is 13.6. The van der Waals surface area contributed by atoms with Crippen LogP contribution in [0.3, 0.4) is 0 Å². The molecule has 46 heavy (non-hydrogen) atoms. The second-order valence-corrected chi connectivity index (χ2v) is 12.7. The number of fused-ring (bicyclic) bond motifs is 1. The standard InChI is InChI=1S/C34H35ClN6O4S/c1-20-21(2)46-34-31(20)32(24-5-9-25(35)10-6-24)38-27(33(37)41(34)22(3)36)19-30(44)40-17-15-39(16-18-40)29(43)14-13-28(42)23-7-11-26(45-4)12-8-23/h5-14,27,36-37H,15-19H2,1-4H3/b14-13+,36-22?,37-33?. The Morgan fingerprint density at radius 3 is 2.24 bits per heavy atom. The highest BCUT2D eigenvalue weighted by Gasteiger charge is 2.36. The first-order chi connectivity index (χ1) is 22.0. The molecule has 2 aromatic carbocycles. The van der Waals surface area contributed by atoms with Crippen LogP contribution in [0.5, 0.6) is 5.75 Å². The van der Waals surface area contributed by atoms with Crippen LogP contribution in [-0.2, 0) is 9.59 Å². The molecule has 1 fully saturated rings. The number of aryl methyl sites for hydroxylation is 1. The number of benzene rings is 2. The van der Waals surface area contributed by atoms with Crippen LogP contribution in [0.4, 0.5) is 5.00 Å². The number of carbonyl (C=O) groups excluding carboxylic acids is 3. The largest absolute Gasteiger partial charge is 0.497 e. The van der Waals surface area contributed by atoms with E-state index in [1.54, 1.807) is 65.1 Å². The molecule has 238 valence electrons. The van der Waals surface area contributed by atoms with E-state index in [1.807, 2.05) is 26.0 Å². The van der Waals surface area contributed by atoms with Crippen LogP contribution in [0.2, 0.25) is 5.02 Å². The van der Waals surface area contributed by atoms with Crippen molar-refractivity contribution in [3.05, 3.63) is 92.8 Å². The number of carbonyl (C=O) groups is 3. The van der Waals surface area contributed by atoms with Gasteiger partial charge in [0.15, 0.2) is 5.78 Å². The number of halogens is 1. The molecule has 0 radical (unpaired) electrons. The van der Waals surface area contributed by atoms with E-state index >= 15 is 0 Å². The van der Waals surface area contributed by atoms with E-state index in [4.69, 9.17) is 32.1 Å². The molecule has 10 nitrogen and oxygen atoms in total. The number of aliphatic imine (C=N–C) groups is 1. The van der Waals surface area contributed by atoms with Crippen LogP contribution in [-0.4, -0.2) is 84.1 Å². The van der Waals surface area contributed by atoms with E-state index in [-0.39, 0.29) is 35.7 Å². The summed E-state index contributed by atoms with van der Waals surface area (Å²) in [7, 11) is 1.55. The number of amidine groups is 2. The minimum atomic E-state index is -0.829. The van der Waals surface area contributed by atoms with Gasteiger partial charge < -0.3 is 14.5 Å². The summed E-state index contributed by atoms with van der Waals surface area (Å²) in [6, 6.07) is 13.1. The summed E-state index contributed by atoms with van der Waals surface area (Å²) >= 11 is 7.68. The molecule has 3 heterocycles. The molecule has 1 saturated heterocycles. The molecule has 5 rings (SSSR count). The summed E-state index contributed by atoms with van der Waals surface area (Å²) in [6.07, 6.45) is 2.46. The van der Waals surface area contributed by atoms with Gasteiger partial charge in [-0.2, -0.15) is 0 Å². The molecule has 2 N–H and O–H groups in total. The van der Waals surface area contributed by atoms with Crippen molar-refractivity contribution in [2.75, 3.05) is 38.2 Å². The smallest absolute Gasteiger partial charge is 0.246 e. The summed E-state index contributed by atoms with van der Waals surface area (Å²) in [5.41, 5.74) is 3.78. The van der Waals surface area contributed by atoms with E-state index in [1.165, 1.54) is 23.5 Å². The van der Waals surface area contributed by atoms with Gasteiger partial charge in [0.1, 0.15) is 28.5 Å². The van der Waals surface area contributed by atoms with E-state index in [9.17, 15) is 14.4 Å². The molecule has 2 aliphatic heterocycles. The van der Waals surface area contributed by atoms with Crippen molar-refractivity contribution in [1.29, 1.82) is 10.8 Å². The number of allylic oxidation sites excluding steroid dienone is 1. The molecular weight excluding hydrogens is 624 g/mol. The minimum absolute atomic E-state index is 0.0586. The van der Waals surface area contributed by atoms with Gasteiger partial charge in [0.05, 0.1) is 19.2 Å². The van der Waals surface area contributed by atoms with Gasteiger partial charge in [0.2, 0.25) is 11.8 Å². The van der Waals surface area contributed by atoms with Crippen LogP contribution in [0, 0.1) is 24.7 Å². The lowest BCUT2D eigenvalue weighted by atomic mass is 9.99. The third-order valence-electron chi connectivity index (χ3n) is 8.17. The Hall–Kier alpha value is -4.61. The second-order valence-electron chi connectivity index (χ2n) is 11.1. The highest BCUT2D eigenvalue weighted by atomic mass is 35.5. The fraction of sp³-hybridized carbons (Fsp3) is 0.294. The Labute approximate surface area is 277 Å². The van der Waals surface area contributed by atoms with Gasteiger partial charge in [0, 0.05) is 58.8 Å². The number of nitrogens with one attached hydrogen (secondary N) is 2. The summed E-state index contributed by atoms with van der Waals surface area (Å²) in [4.78, 5) is 49.9. The lowest BCUT2D eigenvalue weighted by molar-refractivity contribution is -0.137. The average molecular weight is 659 g/mol. The van der Waals surface area contributed by atoms with Gasteiger partial charge in [-0.05, 0) is 68.8 Å². The van der Waals surface area contributed by atoms with Crippen molar-refractivity contribution in [3.8, 4) is 5.75 Å². The number of amides is 2. The van der Waals surface area contributed by atoms with Crippen LogP contribution in [0.15, 0.2) is 65.7 Å². The zero-order valence-electron chi connectivity index (χ0n) is 26.1. The average Bonchev–Trinajstić information content (AvgIpc) is 3.27. The zero-order valence-corrected chi connectivity index (χ0v) is 27.7. The van der Waals surface area contributed by atoms with Crippen LogP contribution in [0.1, 0.15) is 45.3 Å². The Kier molecular flexibility index (Phi) is 9.83. The van der Waals surface area contributed by atoms with E-state index < -0.39 is 6.04 Å². The maximum Gasteiger partial charge on any atom is 0.246 e. The van der Waals surface area contributed by atoms with E-state index in [0.29, 0.717) is 48.2 Å². The molecule has 0 saturated carbocycles. The van der Waals surface area contributed by atoms with Crippen molar-refractivity contribution < 1.29 is 19.1 Å². The zero-order chi connectivity index (χ0) is 33.1. The molecular formula is C34H35ClN6O4S. The third kappa shape index (κ3) is 6.80. The van der Waals surface area contributed by atoms with Crippen molar-refractivity contribution >= 4 is 62.9 Å². The number of rotatable bonds is 7. The molecule has 2 aliphatic rings. The predicted molar refractivity (Wildman–Crippen MR) is 183 cm³/mol. The Morgan fingerprint density at radius 1 is 1.00 bits per heavy atom. The minimum Gasteiger partial charge on any atom is -0.497 e. The predicted octanol–water partition coefficient (Wildman–Crippen LogP) is 5.53. The van der Waals surface area contributed by atoms with E-state index in [0.717, 1.165) is 26.6 Å². The lowest BCUT2D eigenvalue weighted by Crippen LogP contribution is -2.51. The topological polar surface area (TPSA) is 130 Å². The molecule has 3 aromatic rings. The molecule has 1 aromatic heterocycles. The fourth-order valence-corrected chi connectivity index (χ4v) is 6.81. The van der Waals surface area contributed by atoms with Gasteiger partial charge in [-0.3, -0.25) is 35.1 Å². The van der Waals surface area contributed by atoms with Crippen molar-refractivity contribution in [3.63, 3.8) is 0 Å². The molecule has 1 atom stereocenters. The van der Waals surface area contributed by atoms with Gasteiger partial charge >= 0.3 is 0 Å². The molecule has 1 unspecified atom stereocenters. The normalized spacial score (nSPS) is 16.6. The molecule has 0 bridgehead atoms. The fourth-order valence-electron chi connectivity index (χ4n) is 5.46. The summed E-state index contributed by atoms with van der Waals surface area (Å²) in [6.45, 7) is 6.91. The third-order valence-corrected chi connectivity index (χ3v) is 9.61. The summed E-state index contributed by atoms with van der Waals surface area (Å²) in [5.74, 6) is 0.0919. The number of methoxy groups -OCH3 is 1. The van der Waals surface area contributed by atoms with Gasteiger partial charge in [-0.1, -0.05) is 23.7 Å². The number of hydrogen-bond acceptors (Lipinski definition) is 8. The van der Waals surface area contributed by atoms with Gasteiger partial charge in [-0.15, -0.1) is 11.3 Å². The first-order valence-corrected chi connectivity index (χ1v) is 16.0. The lowest BCUT2D eigenvalue weighted by Gasteiger charge is -2.35. The number of piperazine rings is 1. The SMILES string of the molecule is COc1ccc(C(=O)/C=C/C(=O)N2CCN(C(=O)CC3N=C(c4ccc(Cl)cc4)c4c(sc(C)c4C)N(C(C)=N)C3=N)CC2)cc1. The quantitative estimate of drug-likeness (QED) is 0.149. The number of anilines is 1. The van der Waals surface area contributed by atoms with Gasteiger partial charge in [0.25, 0.3) is 0 Å². The summed E-state index contributed by atoms with van der Waals surface area (Å²) in [5, 5.41) is 19.0. The molecule has 2 amide bonds. The Balaban J connectivity index is 1.30. The molecule has 12 heteroatoms. The Morgan fingerprint density at radius 2 is 1.63 bits per heavy atom. The summed E-state index contributed by atoms with van der Waals surface area (Å²) < 4.78 is 5.11. The van der Waals surface area contributed by atoms with E-state index in [2.05, 4.69) is 0 Å². The molecule has 0 aliphatic carbocycles. The number of ether oxygens (including phenoxy) is 1. The maximum absolute atomic E-state index is 13.6. The van der Waals surface area contributed by atoms with Crippen LogP contribution >= 0.6 is 22.9 Å². The van der Waals surface area contributed by atoms with Gasteiger partial charge in [-0.25, -0.2) is 0 Å². The highest BCUT2D eigenvalue weighted by Crippen LogP contribution is 2.40. The van der Waals surface area contributed by atoms with Crippen molar-refractivity contribution in [2.24, 2.45) is 4.99 Å². The van der Waals surface area contributed by atoms with Crippen molar-refractivity contribution in [1.82, 2.24) is 9.80 Å². The number of ketones is 1. The number of thiophene rings is 1. The highest BCUT2D eigenvalue weighted by molar-refractivity contribution is 7.17. The first-order valence-electron chi connectivity index (χ1n) is 14.8. The first kappa shape index (κ1) is 32.8. The number of hydrogen-bond donors (Lipinski definition) is 2. The van der Waals surface area contributed by atoms with Crippen molar-refractivity contribution in [2.45, 2.75) is 33.2 Å².